The van der Waals surface area contributed by atoms with Crippen LogP contribution in [0.25, 0.3) is 0 Å². The van der Waals surface area contributed by atoms with Gasteiger partial charge in [-0.3, -0.25) is 4.68 Å². The fraction of sp³-hybridized carbons (Fsp3) is 0.471. The number of nitrogens with one attached hydrogen (secondary N) is 1. The fourth-order valence-electron chi connectivity index (χ4n) is 3.36. The van der Waals surface area contributed by atoms with Gasteiger partial charge in [0, 0.05) is 37.1 Å². The minimum absolute atomic E-state index is 0.0692. The van der Waals surface area contributed by atoms with Crippen LogP contribution >= 0.6 is 11.6 Å². The summed E-state index contributed by atoms with van der Waals surface area (Å²) in [5.74, 6) is 0.154. The summed E-state index contributed by atoms with van der Waals surface area (Å²) in [4.78, 5) is 0.0692. The molecule has 0 radical (unpaired) electrons. The Bertz CT molecular complexity index is 842. The third-order valence-corrected chi connectivity index (χ3v) is 6.18. The molecule has 1 aromatic carbocycles. The number of aliphatic hydroxyl groups excluding tert-OH is 1. The van der Waals surface area contributed by atoms with Gasteiger partial charge in [-0.15, -0.1) is 0 Å². The lowest BCUT2D eigenvalue weighted by molar-refractivity contribution is 0.154. The van der Waals surface area contributed by atoms with Crippen LogP contribution in [0.2, 0.25) is 5.02 Å². The monoisotopic (exact) mass is 399 g/mol. The van der Waals surface area contributed by atoms with Crippen LogP contribution in [0.1, 0.15) is 18.4 Å². The van der Waals surface area contributed by atoms with Gasteiger partial charge in [0.05, 0.1) is 17.6 Å². The van der Waals surface area contributed by atoms with Crippen LogP contribution in [0.4, 0.5) is 0 Å². The zero-order valence-corrected chi connectivity index (χ0v) is 15.9. The van der Waals surface area contributed by atoms with E-state index in [1.165, 1.54) is 19.2 Å². The molecule has 1 saturated carbocycles. The molecule has 1 aromatic heterocycles. The first-order valence-corrected chi connectivity index (χ1v) is 10.2. The highest BCUT2D eigenvalue weighted by Gasteiger charge is 2.36. The lowest BCUT2D eigenvalue weighted by Gasteiger charge is -2.17. The molecule has 0 saturated heterocycles. The predicted molar refractivity (Wildman–Crippen MR) is 97.2 cm³/mol. The number of rotatable bonds is 7. The minimum Gasteiger partial charge on any atom is -0.391 e. The summed E-state index contributed by atoms with van der Waals surface area (Å²) in [6, 6.07) is 5.88. The first-order valence-electron chi connectivity index (χ1n) is 8.33. The van der Waals surface area contributed by atoms with Crippen LogP contribution < -0.4 is 4.72 Å². The molecule has 1 heterocycles. The van der Waals surface area contributed by atoms with Crippen LogP contribution in [0.15, 0.2) is 41.6 Å². The Morgan fingerprint density at radius 3 is 2.88 bits per heavy atom. The van der Waals surface area contributed by atoms with Crippen LogP contribution in [0, 0.1) is 5.92 Å². The summed E-state index contributed by atoms with van der Waals surface area (Å²) in [5.41, 5.74) is 0.670. The van der Waals surface area contributed by atoms with Crippen molar-refractivity contribution in [2.45, 2.75) is 43.0 Å². The van der Waals surface area contributed by atoms with E-state index in [4.69, 9.17) is 16.3 Å². The maximum atomic E-state index is 12.7. The predicted octanol–water partition coefficient (Wildman–Crippen LogP) is 1.80. The first-order chi connectivity index (χ1) is 12.4. The first kappa shape index (κ1) is 19.3. The van der Waals surface area contributed by atoms with E-state index in [-0.39, 0.29) is 17.4 Å². The average Bonchev–Trinajstić information content (AvgIpc) is 3.17. The van der Waals surface area contributed by atoms with E-state index in [1.807, 2.05) is 12.3 Å². The van der Waals surface area contributed by atoms with Crippen LogP contribution in [-0.4, -0.2) is 42.6 Å². The average molecular weight is 400 g/mol. The second-order valence-corrected chi connectivity index (χ2v) is 8.74. The van der Waals surface area contributed by atoms with Gasteiger partial charge in [-0.25, -0.2) is 13.1 Å². The van der Waals surface area contributed by atoms with Crippen LogP contribution in [0.5, 0.6) is 0 Å². The number of nitrogens with zero attached hydrogens (tertiary/aromatic N) is 2. The Kier molecular flexibility index (Phi) is 5.99. The summed E-state index contributed by atoms with van der Waals surface area (Å²) < 4.78 is 34.9. The highest BCUT2D eigenvalue weighted by Crippen LogP contribution is 2.29. The smallest absolute Gasteiger partial charge is 0.240 e. The molecule has 3 rings (SSSR count). The van der Waals surface area contributed by atoms with E-state index in [2.05, 4.69) is 9.82 Å². The van der Waals surface area contributed by atoms with Gasteiger partial charge in [-0.1, -0.05) is 11.6 Å². The van der Waals surface area contributed by atoms with Crippen molar-refractivity contribution < 1.29 is 18.3 Å². The van der Waals surface area contributed by atoms with E-state index in [0.717, 1.165) is 0 Å². The molecule has 142 valence electrons. The lowest BCUT2D eigenvalue weighted by atomic mass is 10.1. The topological polar surface area (TPSA) is 93.5 Å². The molecule has 1 aliphatic rings. The zero-order valence-electron chi connectivity index (χ0n) is 14.4. The molecular formula is C17H22ClN3O4S. The molecule has 9 heteroatoms. The third kappa shape index (κ3) is 4.63. The second-order valence-electron chi connectivity index (χ2n) is 6.59. The zero-order chi connectivity index (χ0) is 18.7. The van der Waals surface area contributed by atoms with E-state index in [0.29, 0.717) is 30.0 Å². The number of hydrogen-bond acceptors (Lipinski definition) is 5. The normalized spacial score (nSPS) is 23.4. The number of hydrogen-bond donors (Lipinski definition) is 2. The van der Waals surface area contributed by atoms with Crippen molar-refractivity contribution in [3.05, 3.63) is 47.2 Å². The van der Waals surface area contributed by atoms with Gasteiger partial charge in [0.25, 0.3) is 0 Å². The Hall–Kier alpha value is -1.45. The largest absolute Gasteiger partial charge is 0.391 e. The Morgan fingerprint density at radius 1 is 1.38 bits per heavy atom. The summed E-state index contributed by atoms with van der Waals surface area (Å²) in [6.45, 7) is 0.915. The Balaban J connectivity index is 1.71. The molecule has 7 nitrogen and oxygen atoms in total. The van der Waals surface area contributed by atoms with Crippen molar-refractivity contribution >= 4 is 21.6 Å². The molecule has 0 spiro atoms. The van der Waals surface area contributed by atoms with Gasteiger partial charge in [0.2, 0.25) is 10.0 Å². The van der Waals surface area contributed by atoms with Crippen molar-refractivity contribution in [1.82, 2.24) is 14.5 Å². The SMILES string of the molecule is COCc1cc(Cl)cc(S(=O)(=O)N[C@@H]2CC(Cn3cccn3)C[C@H]2O)c1. The van der Waals surface area contributed by atoms with Gasteiger partial charge in [-0.2, -0.15) is 5.10 Å². The fourth-order valence-corrected chi connectivity index (χ4v) is 5.06. The highest BCUT2D eigenvalue weighted by atomic mass is 35.5. The van der Waals surface area contributed by atoms with Crippen LogP contribution in [0.3, 0.4) is 0 Å². The number of halogens is 1. The third-order valence-electron chi connectivity index (χ3n) is 4.49. The molecule has 0 bridgehead atoms. The maximum absolute atomic E-state index is 12.7. The van der Waals surface area contributed by atoms with Gasteiger partial charge >= 0.3 is 0 Å². The van der Waals surface area contributed by atoms with Crippen molar-refractivity contribution in [2.75, 3.05) is 7.11 Å². The summed E-state index contributed by atoms with van der Waals surface area (Å²) in [7, 11) is -2.27. The molecule has 1 aliphatic carbocycles. The van der Waals surface area contributed by atoms with Gasteiger partial charge in [0.15, 0.2) is 0 Å². The summed E-state index contributed by atoms with van der Waals surface area (Å²) in [6.07, 6.45) is 3.89. The van der Waals surface area contributed by atoms with Crippen molar-refractivity contribution in [1.29, 1.82) is 0 Å². The van der Waals surface area contributed by atoms with E-state index in [1.54, 1.807) is 16.9 Å². The lowest BCUT2D eigenvalue weighted by Crippen LogP contribution is -2.39. The van der Waals surface area contributed by atoms with E-state index < -0.39 is 22.2 Å². The molecule has 2 aromatic rings. The Morgan fingerprint density at radius 2 is 2.19 bits per heavy atom. The number of sulfonamides is 1. The summed E-state index contributed by atoms with van der Waals surface area (Å²) >= 11 is 6.03. The maximum Gasteiger partial charge on any atom is 0.240 e. The van der Waals surface area contributed by atoms with Crippen molar-refractivity contribution in [3.8, 4) is 0 Å². The second kappa shape index (κ2) is 8.06. The number of ether oxygens (including phenoxy) is 1. The quantitative estimate of drug-likeness (QED) is 0.740. The number of aliphatic hydroxyl groups is 1. The van der Waals surface area contributed by atoms with Gasteiger partial charge in [0.1, 0.15) is 0 Å². The molecule has 2 N–H and O–H groups in total. The van der Waals surface area contributed by atoms with Gasteiger partial charge in [-0.05, 0) is 48.6 Å². The molecule has 1 unspecified atom stereocenters. The summed E-state index contributed by atoms with van der Waals surface area (Å²) in [5, 5.41) is 14.8. The van der Waals surface area contributed by atoms with Gasteiger partial charge < -0.3 is 9.84 Å². The minimum atomic E-state index is -3.80. The standard InChI is InChI=1S/C17H22ClN3O4S/c1-25-11-13-5-14(18)9-15(6-13)26(23,24)20-16-7-12(8-17(16)22)10-21-4-2-3-19-21/h2-6,9,12,16-17,20,22H,7-8,10-11H2,1H3/t12?,16-,17-/m1/s1. The number of methoxy groups -OCH3 is 1. The molecule has 0 amide bonds. The van der Waals surface area contributed by atoms with Crippen molar-refractivity contribution in [3.63, 3.8) is 0 Å². The van der Waals surface area contributed by atoms with Crippen molar-refractivity contribution in [2.24, 2.45) is 5.92 Å². The number of benzene rings is 1. The number of aromatic nitrogens is 2. The Labute approximate surface area is 158 Å². The molecule has 1 fully saturated rings. The van der Waals surface area contributed by atoms with Crippen LogP contribution in [-0.2, 0) is 27.9 Å². The van der Waals surface area contributed by atoms with E-state index in [9.17, 15) is 13.5 Å². The molecule has 3 atom stereocenters. The molecule has 0 aliphatic heterocycles. The van der Waals surface area contributed by atoms with E-state index >= 15 is 0 Å². The molecular weight excluding hydrogens is 378 g/mol. The highest BCUT2D eigenvalue weighted by molar-refractivity contribution is 7.89. The molecule has 26 heavy (non-hydrogen) atoms.